The highest BCUT2D eigenvalue weighted by atomic mass is 35.5. The van der Waals surface area contributed by atoms with Crippen LogP contribution in [0.15, 0.2) is 18.2 Å². The number of nitrogens with two attached hydrogens (primary N) is 1. The SMILES string of the molecule is Nc1cc(Cl)ccc1NC(=O)CCN1C(=O)CSC1=O. The molecule has 1 aromatic rings. The molecular weight excluding hydrogens is 302 g/mol. The summed E-state index contributed by atoms with van der Waals surface area (Å²) in [6.45, 7) is 0.0734. The van der Waals surface area contributed by atoms with Crippen LogP contribution >= 0.6 is 23.4 Å². The Bertz CT molecular complexity index is 563. The number of nitrogens with zero attached hydrogens (tertiary/aromatic N) is 1. The first-order chi connectivity index (χ1) is 9.47. The molecule has 3 amide bonds. The van der Waals surface area contributed by atoms with Gasteiger partial charge in [0.05, 0.1) is 17.1 Å². The number of nitrogen functional groups attached to an aromatic ring is 1. The molecule has 0 aromatic heterocycles. The van der Waals surface area contributed by atoms with Crippen molar-refractivity contribution in [2.45, 2.75) is 6.42 Å². The minimum Gasteiger partial charge on any atom is -0.397 e. The minimum atomic E-state index is -0.323. The molecule has 1 heterocycles. The standard InChI is InChI=1S/C12H12ClN3O3S/c13-7-1-2-9(8(14)5-7)15-10(17)3-4-16-11(18)6-20-12(16)19/h1-2,5H,3-4,6,14H2,(H,15,17). The number of halogens is 1. The van der Waals surface area contributed by atoms with Crippen LogP contribution in [0.5, 0.6) is 0 Å². The van der Waals surface area contributed by atoms with E-state index < -0.39 is 0 Å². The van der Waals surface area contributed by atoms with Crippen LogP contribution in [0.25, 0.3) is 0 Å². The Labute approximate surface area is 124 Å². The molecule has 0 saturated carbocycles. The van der Waals surface area contributed by atoms with Crippen LogP contribution < -0.4 is 11.1 Å². The third kappa shape index (κ3) is 3.43. The molecule has 3 N–H and O–H groups in total. The Hall–Kier alpha value is -1.73. The van der Waals surface area contributed by atoms with E-state index in [1.165, 1.54) is 6.07 Å². The molecule has 0 spiro atoms. The molecule has 1 fully saturated rings. The van der Waals surface area contributed by atoms with Gasteiger partial charge in [0.25, 0.3) is 5.24 Å². The summed E-state index contributed by atoms with van der Waals surface area (Å²) in [5.41, 5.74) is 6.52. The lowest BCUT2D eigenvalue weighted by Gasteiger charge is -2.13. The zero-order chi connectivity index (χ0) is 14.7. The van der Waals surface area contributed by atoms with E-state index in [1.807, 2.05) is 0 Å². The maximum Gasteiger partial charge on any atom is 0.288 e. The smallest absolute Gasteiger partial charge is 0.288 e. The molecule has 0 unspecified atom stereocenters. The number of hydrogen-bond acceptors (Lipinski definition) is 5. The third-order valence-electron chi connectivity index (χ3n) is 2.69. The molecule has 1 aromatic carbocycles. The van der Waals surface area contributed by atoms with E-state index in [1.54, 1.807) is 12.1 Å². The Balaban J connectivity index is 1.89. The van der Waals surface area contributed by atoms with Crippen molar-refractivity contribution in [3.63, 3.8) is 0 Å². The predicted molar refractivity (Wildman–Crippen MR) is 78.7 cm³/mol. The minimum absolute atomic E-state index is 0.0279. The number of imide groups is 1. The second-order valence-electron chi connectivity index (χ2n) is 4.13. The number of hydrogen-bond donors (Lipinski definition) is 2. The zero-order valence-corrected chi connectivity index (χ0v) is 12.0. The van der Waals surface area contributed by atoms with Gasteiger partial charge in [-0.05, 0) is 18.2 Å². The Morgan fingerprint density at radius 3 is 2.80 bits per heavy atom. The van der Waals surface area contributed by atoms with Crippen molar-refractivity contribution in [2.24, 2.45) is 0 Å². The number of thioether (sulfide) groups is 1. The van der Waals surface area contributed by atoms with Gasteiger partial charge in [0.15, 0.2) is 0 Å². The lowest BCUT2D eigenvalue weighted by molar-refractivity contribution is -0.125. The molecule has 0 bridgehead atoms. The average molecular weight is 314 g/mol. The summed E-state index contributed by atoms with van der Waals surface area (Å²) in [4.78, 5) is 35.6. The molecule has 20 heavy (non-hydrogen) atoms. The number of benzene rings is 1. The van der Waals surface area contributed by atoms with Crippen LogP contribution in [0.3, 0.4) is 0 Å². The summed E-state index contributed by atoms with van der Waals surface area (Å²) in [5.74, 6) is -0.444. The van der Waals surface area contributed by atoms with Crippen molar-refractivity contribution in [1.29, 1.82) is 0 Å². The van der Waals surface area contributed by atoms with Gasteiger partial charge in [-0.15, -0.1) is 0 Å². The maximum atomic E-state index is 11.8. The maximum absolute atomic E-state index is 11.8. The normalized spacial score (nSPS) is 14.8. The number of carbonyl (C=O) groups is 3. The highest BCUT2D eigenvalue weighted by Gasteiger charge is 2.29. The summed E-state index contributed by atoms with van der Waals surface area (Å²) in [5, 5.41) is 2.78. The molecule has 106 valence electrons. The predicted octanol–water partition coefficient (Wildman–Crippen LogP) is 1.95. The van der Waals surface area contributed by atoms with Crippen molar-refractivity contribution in [3.8, 4) is 0 Å². The van der Waals surface area contributed by atoms with Crippen LogP contribution in [0.1, 0.15) is 6.42 Å². The summed E-state index contributed by atoms with van der Waals surface area (Å²) in [6.07, 6.45) is 0.0279. The van der Waals surface area contributed by atoms with E-state index in [0.29, 0.717) is 16.4 Å². The first-order valence-electron chi connectivity index (χ1n) is 5.79. The van der Waals surface area contributed by atoms with Crippen molar-refractivity contribution < 1.29 is 14.4 Å². The quantitative estimate of drug-likeness (QED) is 0.829. The third-order valence-corrected chi connectivity index (χ3v) is 3.78. The number of rotatable bonds is 4. The summed E-state index contributed by atoms with van der Waals surface area (Å²) in [7, 11) is 0. The summed E-state index contributed by atoms with van der Waals surface area (Å²) in [6, 6.07) is 4.73. The van der Waals surface area contributed by atoms with E-state index in [4.69, 9.17) is 17.3 Å². The molecule has 1 saturated heterocycles. The Morgan fingerprint density at radius 2 is 2.20 bits per heavy atom. The average Bonchev–Trinajstić information content (AvgIpc) is 2.70. The van der Waals surface area contributed by atoms with Gasteiger partial charge >= 0.3 is 0 Å². The summed E-state index contributed by atoms with van der Waals surface area (Å²) < 4.78 is 0. The Kier molecular flexibility index (Phi) is 4.51. The molecule has 1 aliphatic rings. The van der Waals surface area contributed by atoms with Crippen LogP contribution in [-0.4, -0.2) is 34.3 Å². The number of amides is 3. The van der Waals surface area contributed by atoms with E-state index in [2.05, 4.69) is 5.32 Å². The lowest BCUT2D eigenvalue weighted by atomic mass is 10.2. The van der Waals surface area contributed by atoms with Crippen molar-refractivity contribution in [3.05, 3.63) is 23.2 Å². The molecule has 6 nitrogen and oxygen atoms in total. The van der Waals surface area contributed by atoms with E-state index in [0.717, 1.165) is 16.7 Å². The van der Waals surface area contributed by atoms with Gasteiger partial charge < -0.3 is 11.1 Å². The molecule has 0 aliphatic carbocycles. The fourth-order valence-electron chi connectivity index (χ4n) is 1.67. The fraction of sp³-hybridized carbons (Fsp3) is 0.250. The van der Waals surface area contributed by atoms with Crippen LogP contribution in [-0.2, 0) is 9.59 Å². The highest BCUT2D eigenvalue weighted by Crippen LogP contribution is 2.23. The molecule has 0 radical (unpaired) electrons. The lowest BCUT2D eigenvalue weighted by Crippen LogP contribution is -2.32. The van der Waals surface area contributed by atoms with Gasteiger partial charge in [0.2, 0.25) is 11.8 Å². The first-order valence-corrected chi connectivity index (χ1v) is 7.15. The van der Waals surface area contributed by atoms with Gasteiger partial charge in [-0.1, -0.05) is 23.4 Å². The molecule has 1 aliphatic heterocycles. The fourth-order valence-corrected chi connectivity index (χ4v) is 2.60. The molecular formula is C12H12ClN3O3S. The van der Waals surface area contributed by atoms with Gasteiger partial charge in [0.1, 0.15) is 0 Å². The first kappa shape index (κ1) is 14.7. The van der Waals surface area contributed by atoms with Crippen LogP contribution in [0.4, 0.5) is 16.2 Å². The molecule has 8 heteroatoms. The van der Waals surface area contributed by atoms with Gasteiger partial charge in [-0.2, -0.15) is 0 Å². The number of nitrogens with one attached hydrogen (secondary N) is 1. The van der Waals surface area contributed by atoms with E-state index in [9.17, 15) is 14.4 Å². The number of anilines is 2. The van der Waals surface area contributed by atoms with Crippen molar-refractivity contribution >= 4 is 51.8 Å². The largest absolute Gasteiger partial charge is 0.397 e. The van der Waals surface area contributed by atoms with Crippen molar-refractivity contribution in [1.82, 2.24) is 4.90 Å². The van der Waals surface area contributed by atoms with Crippen LogP contribution in [0, 0.1) is 0 Å². The Morgan fingerprint density at radius 1 is 1.45 bits per heavy atom. The van der Waals surface area contributed by atoms with E-state index in [-0.39, 0.29) is 35.8 Å². The molecule has 0 atom stereocenters. The molecule has 2 rings (SSSR count). The second kappa shape index (κ2) is 6.15. The van der Waals surface area contributed by atoms with Gasteiger partial charge in [-0.3, -0.25) is 19.3 Å². The highest BCUT2D eigenvalue weighted by molar-refractivity contribution is 8.14. The second-order valence-corrected chi connectivity index (χ2v) is 5.49. The van der Waals surface area contributed by atoms with Crippen LogP contribution in [0.2, 0.25) is 5.02 Å². The zero-order valence-electron chi connectivity index (χ0n) is 10.4. The van der Waals surface area contributed by atoms with Crippen molar-refractivity contribution in [2.75, 3.05) is 23.3 Å². The van der Waals surface area contributed by atoms with Gasteiger partial charge in [-0.25, -0.2) is 0 Å². The van der Waals surface area contributed by atoms with Gasteiger partial charge in [0, 0.05) is 18.0 Å². The number of carbonyl (C=O) groups excluding carboxylic acids is 3. The summed E-state index contributed by atoms with van der Waals surface area (Å²) >= 11 is 6.70. The topological polar surface area (TPSA) is 92.5 Å². The monoisotopic (exact) mass is 313 g/mol. The van der Waals surface area contributed by atoms with E-state index >= 15 is 0 Å².